The van der Waals surface area contributed by atoms with E-state index in [1.807, 2.05) is 30.3 Å². The second kappa shape index (κ2) is 9.05. The number of aryl methyl sites for hydroxylation is 1. The third-order valence-corrected chi connectivity index (χ3v) is 5.88. The van der Waals surface area contributed by atoms with Crippen molar-refractivity contribution in [1.82, 2.24) is 0 Å². The molecule has 1 N–H and O–H groups in total. The molecular formula is C24H23NO4S. The molecule has 0 atom stereocenters. The quantitative estimate of drug-likeness (QED) is 0.568. The molecule has 3 aromatic rings. The van der Waals surface area contributed by atoms with E-state index < -0.39 is 9.84 Å². The van der Waals surface area contributed by atoms with Crippen molar-refractivity contribution in [1.29, 1.82) is 0 Å². The number of benzene rings is 3. The lowest BCUT2D eigenvalue weighted by Crippen LogP contribution is -2.14. The molecule has 0 heterocycles. The minimum atomic E-state index is -3.26. The van der Waals surface area contributed by atoms with E-state index in [9.17, 15) is 18.0 Å². The maximum absolute atomic E-state index is 12.3. The number of hydrogen-bond acceptors (Lipinski definition) is 4. The lowest BCUT2D eigenvalue weighted by molar-refractivity contribution is -0.116. The van der Waals surface area contributed by atoms with Crippen LogP contribution in [0.3, 0.4) is 0 Å². The van der Waals surface area contributed by atoms with E-state index in [-0.39, 0.29) is 23.0 Å². The van der Waals surface area contributed by atoms with Crippen LogP contribution < -0.4 is 5.32 Å². The maximum Gasteiger partial charge on any atom is 0.224 e. The molecule has 0 aliphatic carbocycles. The molecule has 0 aliphatic heterocycles. The lowest BCUT2D eigenvalue weighted by atomic mass is 10.0. The van der Waals surface area contributed by atoms with Crippen LogP contribution in [0.5, 0.6) is 0 Å². The number of nitrogens with one attached hydrogen (secondary N) is 1. The van der Waals surface area contributed by atoms with Gasteiger partial charge in [-0.1, -0.05) is 48.5 Å². The number of carbonyl (C=O) groups is 2. The lowest BCUT2D eigenvalue weighted by Gasteiger charge is -2.09. The molecule has 0 bridgehead atoms. The number of rotatable bonds is 7. The summed E-state index contributed by atoms with van der Waals surface area (Å²) in [5.41, 5.74) is 3.74. The zero-order valence-electron chi connectivity index (χ0n) is 16.9. The summed E-state index contributed by atoms with van der Waals surface area (Å²) in [4.78, 5) is 24.3. The summed E-state index contributed by atoms with van der Waals surface area (Å²) in [6.45, 7) is 1.47. The average molecular weight is 422 g/mol. The third kappa shape index (κ3) is 5.42. The van der Waals surface area contributed by atoms with E-state index in [4.69, 9.17) is 0 Å². The van der Waals surface area contributed by atoms with Gasteiger partial charge in [0, 0.05) is 18.2 Å². The maximum atomic E-state index is 12.3. The van der Waals surface area contributed by atoms with Crippen LogP contribution >= 0.6 is 0 Å². The van der Waals surface area contributed by atoms with Crippen molar-refractivity contribution in [2.75, 3.05) is 11.6 Å². The highest BCUT2D eigenvalue weighted by molar-refractivity contribution is 7.90. The van der Waals surface area contributed by atoms with Crippen molar-refractivity contribution < 1.29 is 18.0 Å². The molecule has 0 unspecified atom stereocenters. The highest BCUT2D eigenvalue weighted by Crippen LogP contribution is 2.23. The van der Waals surface area contributed by atoms with Crippen molar-refractivity contribution in [3.8, 4) is 11.1 Å². The van der Waals surface area contributed by atoms with Gasteiger partial charge in [-0.3, -0.25) is 9.59 Å². The van der Waals surface area contributed by atoms with Crippen LogP contribution in [0.25, 0.3) is 11.1 Å². The summed E-state index contributed by atoms with van der Waals surface area (Å²) < 4.78 is 23.5. The van der Waals surface area contributed by atoms with Gasteiger partial charge in [-0.15, -0.1) is 0 Å². The van der Waals surface area contributed by atoms with E-state index in [1.54, 1.807) is 42.5 Å². The first kappa shape index (κ1) is 21.5. The summed E-state index contributed by atoms with van der Waals surface area (Å²) >= 11 is 0. The van der Waals surface area contributed by atoms with Crippen molar-refractivity contribution in [2.24, 2.45) is 0 Å². The minimum absolute atomic E-state index is 0.0959. The molecule has 0 aliphatic rings. The van der Waals surface area contributed by atoms with Gasteiger partial charge >= 0.3 is 0 Å². The molecule has 5 nitrogen and oxygen atoms in total. The molecule has 0 radical (unpaired) electrons. The van der Waals surface area contributed by atoms with E-state index in [0.29, 0.717) is 17.7 Å². The Balaban J connectivity index is 1.64. The minimum Gasteiger partial charge on any atom is -0.325 e. The smallest absolute Gasteiger partial charge is 0.224 e. The second-order valence-corrected chi connectivity index (χ2v) is 9.16. The van der Waals surface area contributed by atoms with E-state index in [1.165, 1.54) is 13.2 Å². The number of sulfone groups is 1. The van der Waals surface area contributed by atoms with Gasteiger partial charge in [0.1, 0.15) is 0 Å². The Morgan fingerprint density at radius 2 is 1.57 bits per heavy atom. The fraction of sp³-hybridized carbons (Fsp3) is 0.167. The van der Waals surface area contributed by atoms with Gasteiger partial charge in [0.15, 0.2) is 15.6 Å². The second-order valence-electron chi connectivity index (χ2n) is 7.15. The Kier molecular flexibility index (Phi) is 6.47. The Morgan fingerprint density at radius 3 is 2.23 bits per heavy atom. The molecule has 1 amide bonds. The van der Waals surface area contributed by atoms with Gasteiger partial charge in [0.05, 0.1) is 10.6 Å². The number of Topliss-reactive ketones (excluding diaryl/α,β-unsaturated/α-hetero) is 1. The van der Waals surface area contributed by atoms with Crippen molar-refractivity contribution >= 4 is 27.2 Å². The first-order chi connectivity index (χ1) is 14.2. The fourth-order valence-electron chi connectivity index (χ4n) is 3.14. The Hall–Kier alpha value is -3.25. The Bertz CT molecular complexity index is 1180. The topological polar surface area (TPSA) is 80.3 Å². The van der Waals surface area contributed by atoms with Crippen molar-refractivity contribution in [3.05, 3.63) is 83.9 Å². The summed E-state index contributed by atoms with van der Waals surface area (Å²) in [6, 6.07) is 21.5. The fourth-order valence-corrected chi connectivity index (χ4v) is 3.81. The van der Waals surface area contributed by atoms with Gasteiger partial charge in [0.25, 0.3) is 0 Å². The molecule has 0 fully saturated rings. The number of hydrogen-bond donors (Lipinski definition) is 1. The van der Waals surface area contributed by atoms with E-state index in [2.05, 4.69) is 5.32 Å². The molecule has 30 heavy (non-hydrogen) atoms. The summed E-state index contributed by atoms with van der Waals surface area (Å²) in [5.74, 6) is -0.255. The van der Waals surface area contributed by atoms with Crippen LogP contribution in [0.4, 0.5) is 5.69 Å². The molecule has 3 aromatic carbocycles. The number of anilines is 1. The summed E-state index contributed by atoms with van der Waals surface area (Å²) in [5, 5.41) is 2.80. The molecular weight excluding hydrogens is 398 g/mol. The van der Waals surface area contributed by atoms with Crippen molar-refractivity contribution in [2.45, 2.75) is 24.7 Å². The molecule has 0 saturated carbocycles. The largest absolute Gasteiger partial charge is 0.325 e. The van der Waals surface area contributed by atoms with Gasteiger partial charge in [-0.25, -0.2) is 8.42 Å². The van der Waals surface area contributed by atoms with E-state index >= 15 is 0 Å². The van der Waals surface area contributed by atoms with Crippen LogP contribution in [-0.4, -0.2) is 26.4 Å². The molecule has 154 valence electrons. The van der Waals surface area contributed by atoms with Crippen LogP contribution in [0, 0.1) is 0 Å². The van der Waals surface area contributed by atoms with Crippen LogP contribution in [0.1, 0.15) is 29.3 Å². The Morgan fingerprint density at radius 1 is 0.867 bits per heavy atom. The van der Waals surface area contributed by atoms with Gasteiger partial charge in [-0.05, 0) is 54.3 Å². The molecule has 3 rings (SSSR count). The molecule has 0 aromatic heterocycles. The standard InChI is InChI=1S/C24H23NO4S/c1-17(26)22-8-3-4-9-23(22)25-24(27)15-12-18-10-13-19(14-11-18)20-6-5-7-21(16-20)30(2,28)29/h3-11,13-14,16H,12,15H2,1-2H3,(H,25,27). The summed E-state index contributed by atoms with van der Waals surface area (Å²) in [7, 11) is -3.26. The summed E-state index contributed by atoms with van der Waals surface area (Å²) in [6.07, 6.45) is 2.03. The van der Waals surface area contributed by atoms with Crippen molar-refractivity contribution in [3.63, 3.8) is 0 Å². The number of carbonyl (C=O) groups excluding carboxylic acids is 2. The molecule has 0 saturated heterocycles. The normalized spacial score (nSPS) is 11.1. The van der Waals surface area contributed by atoms with Crippen LogP contribution in [0.2, 0.25) is 0 Å². The number of para-hydroxylation sites is 1. The van der Waals surface area contributed by atoms with Gasteiger partial charge < -0.3 is 5.32 Å². The van der Waals surface area contributed by atoms with Crippen LogP contribution in [-0.2, 0) is 21.1 Å². The number of ketones is 1. The zero-order valence-corrected chi connectivity index (χ0v) is 17.7. The SMILES string of the molecule is CC(=O)c1ccccc1NC(=O)CCc1ccc(-c2cccc(S(C)(=O)=O)c2)cc1. The predicted octanol–water partition coefficient (Wildman–Crippen LogP) is 4.53. The number of amides is 1. The Labute approximate surface area is 176 Å². The monoisotopic (exact) mass is 421 g/mol. The van der Waals surface area contributed by atoms with Gasteiger partial charge in [0.2, 0.25) is 5.91 Å². The highest BCUT2D eigenvalue weighted by Gasteiger charge is 2.11. The predicted molar refractivity (Wildman–Crippen MR) is 118 cm³/mol. The average Bonchev–Trinajstić information content (AvgIpc) is 2.72. The first-order valence-electron chi connectivity index (χ1n) is 9.53. The molecule has 6 heteroatoms. The third-order valence-electron chi connectivity index (χ3n) is 4.77. The first-order valence-corrected chi connectivity index (χ1v) is 11.4. The molecule has 0 spiro atoms. The zero-order chi connectivity index (χ0) is 21.7. The van der Waals surface area contributed by atoms with E-state index in [0.717, 1.165) is 16.7 Å². The van der Waals surface area contributed by atoms with Crippen LogP contribution in [0.15, 0.2) is 77.7 Å². The van der Waals surface area contributed by atoms with Gasteiger partial charge in [-0.2, -0.15) is 0 Å². The highest BCUT2D eigenvalue weighted by atomic mass is 32.2.